The molecule has 180 valence electrons. The number of para-hydroxylation sites is 1. The SMILES string of the molecule is CC(=O)[C@@H]1[C@H](C(=O)c2ccccc2Cl)[C@]2(C(=O)Nc3ccccc32)[C@@H]2C=C(C)c3cc(C)ccc3N12. The van der Waals surface area contributed by atoms with Crippen molar-refractivity contribution in [3.63, 3.8) is 0 Å². The number of anilines is 2. The van der Waals surface area contributed by atoms with Crippen LogP contribution in [0.4, 0.5) is 11.4 Å². The van der Waals surface area contributed by atoms with Crippen LogP contribution in [0.15, 0.2) is 72.8 Å². The average Bonchev–Trinajstić information content (AvgIpc) is 3.32. The lowest BCUT2D eigenvalue weighted by atomic mass is 9.64. The summed E-state index contributed by atoms with van der Waals surface area (Å²) in [4.78, 5) is 44.0. The first-order chi connectivity index (χ1) is 17.3. The van der Waals surface area contributed by atoms with E-state index in [-0.39, 0.29) is 17.5 Å². The number of nitrogens with zero attached hydrogens (tertiary/aromatic N) is 1. The number of rotatable bonds is 3. The molecule has 3 aromatic carbocycles. The van der Waals surface area contributed by atoms with E-state index in [1.165, 1.54) is 6.92 Å². The van der Waals surface area contributed by atoms with E-state index in [0.29, 0.717) is 16.3 Å². The number of amides is 1. The first-order valence-corrected chi connectivity index (χ1v) is 12.4. The number of carbonyl (C=O) groups excluding carboxylic acids is 3. The summed E-state index contributed by atoms with van der Waals surface area (Å²) >= 11 is 6.50. The highest BCUT2D eigenvalue weighted by Crippen LogP contribution is 2.58. The Bertz CT molecular complexity index is 1510. The zero-order valence-corrected chi connectivity index (χ0v) is 21.0. The van der Waals surface area contributed by atoms with Gasteiger partial charge >= 0.3 is 0 Å². The van der Waals surface area contributed by atoms with Gasteiger partial charge in [-0.2, -0.15) is 0 Å². The summed E-state index contributed by atoms with van der Waals surface area (Å²) in [6.07, 6.45) is 2.05. The molecule has 3 aliphatic heterocycles. The Hall–Kier alpha value is -3.70. The number of fused-ring (bicyclic) bond motifs is 6. The number of halogens is 1. The van der Waals surface area contributed by atoms with Gasteiger partial charge in [-0.05, 0) is 62.2 Å². The largest absolute Gasteiger partial charge is 0.352 e. The van der Waals surface area contributed by atoms with Gasteiger partial charge in [-0.1, -0.05) is 59.6 Å². The van der Waals surface area contributed by atoms with E-state index < -0.39 is 23.4 Å². The van der Waals surface area contributed by atoms with Crippen LogP contribution < -0.4 is 10.2 Å². The molecule has 3 aromatic rings. The van der Waals surface area contributed by atoms with Gasteiger partial charge in [-0.25, -0.2) is 0 Å². The van der Waals surface area contributed by atoms with Crippen LogP contribution in [0.2, 0.25) is 5.02 Å². The van der Waals surface area contributed by atoms with Gasteiger partial charge in [0.05, 0.1) is 23.0 Å². The molecule has 0 aliphatic carbocycles. The van der Waals surface area contributed by atoms with Gasteiger partial charge in [0.2, 0.25) is 5.91 Å². The summed E-state index contributed by atoms with van der Waals surface area (Å²) in [5.41, 5.74) is 4.40. The fraction of sp³-hybridized carbons (Fsp3) is 0.233. The van der Waals surface area contributed by atoms with E-state index in [1.807, 2.05) is 55.1 Å². The van der Waals surface area contributed by atoms with Crippen molar-refractivity contribution in [1.29, 1.82) is 0 Å². The maximum Gasteiger partial charge on any atom is 0.238 e. The molecule has 36 heavy (non-hydrogen) atoms. The highest BCUT2D eigenvalue weighted by molar-refractivity contribution is 6.34. The van der Waals surface area contributed by atoms with Crippen LogP contribution in [0.1, 0.15) is 40.9 Å². The summed E-state index contributed by atoms with van der Waals surface area (Å²) < 4.78 is 0. The third-order valence-electron chi connectivity index (χ3n) is 7.97. The highest BCUT2D eigenvalue weighted by atomic mass is 35.5. The normalized spacial score (nSPS) is 25.7. The van der Waals surface area contributed by atoms with Crippen LogP contribution in [-0.4, -0.2) is 29.6 Å². The fourth-order valence-corrected chi connectivity index (χ4v) is 6.76. The smallest absolute Gasteiger partial charge is 0.238 e. The number of hydrogen-bond donors (Lipinski definition) is 1. The van der Waals surface area contributed by atoms with Crippen molar-refractivity contribution >= 4 is 46.0 Å². The molecule has 5 nitrogen and oxygen atoms in total. The molecule has 0 unspecified atom stereocenters. The van der Waals surface area contributed by atoms with Gasteiger partial charge < -0.3 is 10.2 Å². The van der Waals surface area contributed by atoms with E-state index in [0.717, 1.165) is 28.0 Å². The Morgan fingerprint density at radius 3 is 2.47 bits per heavy atom. The number of allylic oxidation sites excluding steroid dienone is 1. The number of nitrogens with one attached hydrogen (secondary N) is 1. The fourth-order valence-electron chi connectivity index (χ4n) is 6.53. The molecule has 1 fully saturated rings. The van der Waals surface area contributed by atoms with Crippen molar-refractivity contribution in [2.24, 2.45) is 5.92 Å². The predicted molar refractivity (Wildman–Crippen MR) is 142 cm³/mol. The van der Waals surface area contributed by atoms with E-state index in [4.69, 9.17) is 11.6 Å². The quantitative estimate of drug-likeness (QED) is 0.479. The van der Waals surface area contributed by atoms with Crippen molar-refractivity contribution in [3.05, 3.63) is 100 Å². The first-order valence-electron chi connectivity index (χ1n) is 12.0. The maximum atomic E-state index is 14.4. The van der Waals surface area contributed by atoms with Crippen LogP contribution in [0.5, 0.6) is 0 Å². The van der Waals surface area contributed by atoms with Crippen LogP contribution in [0.3, 0.4) is 0 Å². The lowest BCUT2D eigenvalue weighted by molar-refractivity contribution is -0.122. The summed E-state index contributed by atoms with van der Waals surface area (Å²) in [6, 6.07) is 19.0. The van der Waals surface area contributed by atoms with E-state index in [2.05, 4.69) is 17.5 Å². The van der Waals surface area contributed by atoms with Crippen LogP contribution in [0.25, 0.3) is 5.57 Å². The average molecular weight is 497 g/mol. The summed E-state index contributed by atoms with van der Waals surface area (Å²) in [6.45, 7) is 5.55. The molecule has 0 bridgehead atoms. The van der Waals surface area contributed by atoms with Crippen molar-refractivity contribution in [2.45, 2.75) is 38.3 Å². The first kappa shape index (κ1) is 22.7. The number of benzene rings is 3. The zero-order valence-electron chi connectivity index (χ0n) is 20.2. The summed E-state index contributed by atoms with van der Waals surface area (Å²) in [5, 5.41) is 3.34. The van der Waals surface area contributed by atoms with Crippen molar-refractivity contribution < 1.29 is 14.4 Å². The molecule has 4 atom stereocenters. The monoisotopic (exact) mass is 496 g/mol. The molecular weight excluding hydrogens is 472 g/mol. The Balaban J connectivity index is 1.70. The van der Waals surface area contributed by atoms with Crippen LogP contribution in [-0.2, 0) is 15.0 Å². The van der Waals surface area contributed by atoms with Crippen molar-refractivity contribution in [1.82, 2.24) is 0 Å². The van der Waals surface area contributed by atoms with E-state index in [1.54, 1.807) is 24.3 Å². The Morgan fingerprint density at radius 1 is 1.00 bits per heavy atom. The van der Waals surface area contributed by atoms with Crippen LogP contribution in [0, 0.1) is 12.8 Å². The van der Waals surface area contributed by atoms with Gasteiger partial charge in [0, 0.05) is 22.5 Å². The number of aryl methyl sites for hydroxylation is 1. The van der Waals surface area contributed by atoms with Gasteiger partial charge in [0.15, 0.2) is 11.6 Å². The molecular formula is C30H25ClN2O3. The van der Waals surface area contributed by atoms with Gasteiger partial charge in [0.1, 0.15) is 5.41 Å². The predicted octanol–water partition coefficient (Wildman–Crippen LogP) is 5.60. The standard InChI is InChI=1S/C30H25ClN2O3/c1-16-12-13-24-20(14-16)17(2)15-25-30(21-9-5-7-11-23(21)32-29(30)36)26(27(18(3)34)33(24)25)28(35)19-8-4-6-10-22(19)31/h4-15,25-27H,1-3H3,(H,32,36)/t25-,26+,27+,30+/m0/s1. The molecule has 0 saturated carbocycles. The Labute approximate surface area is 214 Å². The number of ketones is 2. The minimum Gasteiger partial charge on any atom is -0.352 e. The van der Waals surface area contributed by atoms with Gasteiger partial charge in [-0.3, -0.25) is 14.4 Å². The lowest BCUT2D eigenvalue weighted by Crippen LogP contribution is -2.51. The van der Waals surface area contributed by atoms with Crippen molar-refractivity contribution in [2.75, 3.05) is 10.2 Å². The molecule has 0 radical (unpaired) electrons. The second kappa shape index (κ2) is 7.90. The second-order valence-electron chi connectivity index (χ2n) is 9.97. The lowest BCUT2D eigenvalue weighted by Gasteiger charge is -2.39. The second-order valence-corrected chi connectivity index (χ2v) is 10.4. The minimum atomic E-state index is -1.30. The Kier molecular flexibility index (Phi) is 4.99. The van der Waals surface area contributed by atoms with E-state index in [9.17, 15) is 14.4 Å². The van der Waals surface area contributed by atoms with Gasteiger partial charge in [-0.15, -0.1) is 0 Å². The van der Waals surface area contributed by atoms with E-state index >= 15 is 0 Å². The van der Waals surface area contributed by atoms with Crippen molar-refractivity contribution in [3.8, 4) is 0 Å². The van der Waals surface area contributed by atoms with Crippen LogP contribution >= 0.6 is 11.6 Å². The third kappa shape index (κ3) is 2.86. The summed E-state index contributed by atoms with van der Waals surface area (Å²) in [5.74, 6) is -1.71. The molecule has 1 spiro atoms. The molecule has 1 saturated heterocycles. The van der Waals surface area contributed by atoms with Gasteiger partial charge in [0.25, 0.3) is 0 Å². The molecule has 1 amide bonds. The number of carbonyl (C=O) groups is 3. The number of hydrogen-bond acceptors (Lipinski definition) is 4. The summed E-state index contributed by atoms with van der Waals surface area (Å²) in [7, 11) is 0. The number of Topliss-reactive ketones (excluding diaryl/α,β-unsaturated/α-hetero) is 2. The molecule has 3 aliphatic rings. The molecule has 0 aromatic heterocycles. The highest BCUT2D eigenvalue weighted by Gasteiger charge is 2.70. The Morgan fingerprint density at radius 2 is 1.72 bits per heavy atom. The molecule has 3 heterocycles. The zero-order chi connectivity index (χ0) is 25.4. The topological polar surface area (TPSA) is 66.5 Å². The minimum absolute atomic E-state index is 0.168. The third-order valence-corrected chi connectivity index (χ3v) is 8.30. The molecule has 1 N–H and O–H groups in total. The maximum absolute atomic E-state index is 14.4. The molecule has 6 rings (SSSR count). The molecule has 6 heteroatoms.